The minimum Gasteiger partial charge on any atom is -0.444 e. The molecule has 6 heteroatoms. The number of nitrogens with zero attached hydrogens (tertiary/aromatic N) is 3. The van der Waals surface area contributed by atoms with Gasteiger partial charge in [0.05, 0.1) is 6.04 Å². The quantitative estimate of drug-likeness (QED) is 0.857. The van der Waals surface area contributed by atoms with Crippen LogP contribution in [0.5, 0.6) is 0 Å². The molecule has 1 aliphatic heterocycles. The Labute approximate surface area is 119 Å². The van der Waals surface area contributed by atoms with Gasteiger partial charge in [0, 0.05) is 24.8 Å². The van der Waals surface area contributed by atoms with Crippen LogP contribution in [0.3, 0.4) is 0 Å². The van der Waals surface area contributed by atoms with E-state index in [1.165, 1.54) is 0 Å². The number of carbonyl (C=O) groups excluding carboxylic acids is 1. The van der Waals surface area contributed by atoms with Gasteiger partial charge in [-0.2, -0.15) is 5.10 Å². The number of likely N-dealkylation sites (tertiary alicyclic amines) is 1. The van der Waals surface area contributed by atoms with Crippen molar-refractivity contribution in [2.45, 2.75) is 52.2 Å². The van der Waals surface area contributed by atoms with Crippen molar-refractivity contribution in [3.63, 3.8) is 0 Å². The van der Waals surface area contributed by atoms with E-state index in [9.17, 15) is 4.79 Å². The Morgan fingerprint density at radius 2 is 2.00 bits per heavy atom. The van der Waals surface area contributed by atoms with Crippen molar-refractivity contribution in [1.82, 2.24) is 14.7 Å². The molecule has 0 spiro atoms. The van der Waals surface area contributed by atoms with Crippen molar-refractivity contribution in [2.24, 2.45) is 0 Å². The molecule has 112 valence electrons. The topological polar surface area (TPSA) is 73.4 Å². The van der Waals surface area contributed by atoms with Crippen LogP contribution in [0.4, 0.5) is 10.6 Å². The van der Waals surface area contributed by atoms with Crippen molar-refractivity contribution >= 4 is 11.9 Å². The Morgan fingerprint density at radius 3 is 2.45 bits per heavy atom. The van der Waals surface area contributed by atoms with Crippen molar-refractivity contribution in [3.05, 3.63) is 11.8 Å². The predicted octanol–water partition coefficient (Wildman–Crippen LogP) is 2.35. The molecule has 1 fully saturated rings. The Hall–Kier alpha value is -1.72. The number of anilines is 1. The van der Waals surface area contributed by atoms with Gasteiger partial charge >= 0.3 is 6.09 Å². The third-order valence-electron chi connectivity index (χ3n) is 3.40. The van der Waals surface area contributed by atoms with Gasteiger partial charge in [0.15, 0.2) is 0 Å². The predicted molar refractivity (Wildman–Crippen MR) is 77.5 cm³/mol. The van der Waals surface area contributed by atoms with E-state index in [-0.39, 0.29) is 6.09 Å². The molecule has 0 radical (unpaired) electrons. The molecule has 0 aromatic carbocycles. The SMILES string of the molecule is Cc1cc(N)nn1C1CCN(C(=O)OC(C)(C)C)CC1. The van der Waals surface area contributed by atoms with Crippen molar-refractivity contribution in [3.8, 4) is 0 Å². The van der Waals surface area contributed by atoms with Crippen LogP contribution in [-0.4, -0.2) is 39.5 Å². The second-order valence-corrected chi connectivity index (χ2v) is 6.35. The highest BCUT2D eigenvalue weighted by molar-refractivity contribution is 5.68. The average molecular weight is 280 g/mol. The van der Waals surface area contributed by atoms with Crippen molar-refractivity contribution < 1.29 is 9.53 Å². The van der Waals surface area contributed by atoms with Crippen LogP contribution in [0.25, 0.3) is 0 Å². The first-order valence-electron chi connectivity index (χ1n) is 7.06. The fourth-order valence-corrected chi connectivity index (χ4v) is 2.50. The molecule has 1 aromatic rings. The Bertz CT molecular complexity index is 482. The molecule has 0 aliphatic carbocycles. The number of hydrogen-bond acceptors (Lipinski definition) is 4. The number of rotatable bonds is 1. The fourth-order valence-electron chi connectivity index (χ4n) is 2.50. The number of carbonyl (C=O) groups is 1. The van der Waals surface area contributed by atoms with Crippen LogP contribution in [0.1, 0.15) is 45.3 Å². The molecule has 1 saturated heterocycles. The first-order valence-corrected chi connectivity index (χ1v) is 7.06. The molecule has 2 rings (SSSR count). The summed E-state index contributed by atoms with van der Waals surface area (Å²) < 4.78 is 7.36. The summed E-state index contributed by atoms with van der Waals surface area (Å²) in [6.45, 7) is 9.04. The number of nitrogen functional groups attached to an aromatic ring is 1. The highest BCUT2D eigenvalue weighted by Crippen LogP contribution is 2.25. The number of piperidine rings is 1. The summed E-state index contributed by atoms with van der Waals surface area (Å²) in [7, 11) is 0. The van der Waals surface area contributed by atoms with E-state index in [2.05, 4.69) is 5.10 Å². The Kier molecular flexibility index (Phi) is 3.92. The number of aryl methyl sites for hydroxylation is 1. The first-order chi connectivity index (χ1) is 9.26. The van der Waals surface area contributed by atoms with E-state index >= 15 is 0 Å². The third kappa shape index (κ3) is 3.43. The molecular formula is C14H24N4O2. The van der Waals surface area contributed by atoms with E-state index in [1.807, 2.05) is 38.4 Å². The molecule has 0 bridgehead atoms. The zero-order valence-electron chi connectivity index (χ0n) is 12.7. The number of amides is 1. The molecule has 1 amide bonds. The number of ether oxygens (including phenoxy) is 1. The molecule has 2 heterocycles. The highest BCUT2D eigenvalue weighted by Gasteiger charge is 2.28. The average Bonchev–Trinajstić information content (AvgIpc) is 2.66. The second kappa shape index (κ2) is 5.34. The number of aromatic nitrogens is 2. The van der Waals surface area contributed by atoms with E-state index < -0.39 is 5.60 Å². The maximum atomic E-state index is 12.0. The van der Waals surface area contributed by atoms with Crippen LogP contribution in [0.2, 0.25) is 0 Å². The van der Waals surface area contributed by atoms with Crippen molar-refractivity contribution in [2.75, 3.05) is 18.8 Å². The summed E-state index contributed by atoms with van der Waals surface area (Å²) in [5.41, 5.74) is 6.34. The van der Waals surface area contributed by atoms with Gasteiger partial charge in [0.25, 0.3) is 0 Å². The lowest BCUT2D eigenvalue weighted by Crippen LogP contribution is -2.42. The summed E-state index contributed by atoms with van der Waals surface area (Å²) in [6, 6.07) is 2.19. The van der Waals surface area contributed by atoms with Crippen LogP contribution >= 0.6 is 0 Å². The molecule has 0 saturated carbocycles. The number of hydrogen-bond donors (Lipinski definition) is 1. The van der Waals surface area contributed by atoms with Gasteiger partial charge in [-0.15, -0.1) is 0 Å². The molecule has 0 unspecified atom stereocenters. The minimum absolute atomic E-state index is 0.229. The molecule has 1 aliphatic rings. The zero-order valence-corrected chi connectivity index (χ0v) is 12.7. The maximum Gasteiger partial charge on any atom is 0.410 e. The lowest BCUT2D eigenvalue weighted by molar-refractivity contribution is 0.0184. The number of nitrogens with two attached hydrogens (primary N) is 1. The van der Waals surface area contributed by atoms with Gasteiger partial charge in [-0.3, -0.25) is 4.68 Å². The summed E-state index contributed by atoms with van der Waals surface area (Å²) in [5.74, 6) is 0.553. The lowest BCUT2D eigenvalue weighted by Gasteiger charge is -2.33. The summed E-state index contributed by atoms with van der Waals surface area (Å²) in [5, 5.41) is 4.32. The molecule has 0 atom stereocenters. The zero-order chi connectivity index (χ0) is 14.9. The minimum atomic E-state index is -0.443. The van der Waals surface area contributed by atoms with Gasteiger partial charge in [0.2, 0.25) is 0 Å². The molecule has 1 aromatic heterocycles. The molecular weight excluding hydrogens is 256 g/mol. The summed E-state index contributed by atoms with van der Waals surface area (Å²) in [4.78, 5) is 13.8. The molecule has 6 nitrogen and oxygen atoms in total. The van der Waals surface area contributed by atoms with Gasteiger partial charge < -0.3 is 15.4 Å². The highest BCUT2D eigenvalue weighted by atomic mass is 16.6. The third-order valence-corrected chi connectivity index (χ3v) is 3.40. The van der Waals surface area contributed by atoms with E-state index in [1.54, 1.807) is 4.90 Å². The van der Waals surface area contributed by atoms with Crippen LogP contribution < -0.4 is 5.73 Å². The maximum absolute atomic E-state index is 12.0. The first kappa shape index (κ1) is 14.7. The van der Waals surface area contributed by atoms with Gasteiger partial charge in [0.1, 0.15) is 11.4 Å². The van der Waals surface area contributed by atoms with Gasteiger partial charge in [-0.1, -0.05) is 0 Å². The summed E-state index contributed by atoms with van der Waals surface area (Å²) >= 11 is 0. The standard InChI is InChI=1S/C14H24N4O2/c1-10-9-12(15)16-18(10)11-5-7-17(8-6-11)13(19)20-14(2,3)4/h9,11H,5-8H2,1-4H3,(H2,15,16). The Balaban J connectivity index is 1.92. The van der Waals surface area contributed by atoms with Crippen molar-refractivity contribution in [1.29, 1.82) is 0 Å². The van der Waals surface area contributed by atoms with E-state index in [0.717, 1.165) is 18.5 Å². The monoisotopic (exact) mass is 280 g/mol. The van der Waals surface area contributed by atoms with Crippen LogP contribution in [-0.2, 0) is 4.74 Å². The summed E-state index contributed by atoms with van der Waals surface area (Å²) in [6.07, 6.45) is 1.52. The largest absolute Gasteiger partial charge is 0.444 e. The van der Waals surface area contributed by atoms with Gasteiger partial charge in [-0.25, -0.2) is 4.79 Å². The fraction of sp³-hybridized carbons (Fsp3) is 0.714. The molecule has 20 heavy (non-hydrogen) atoms. The van der Waals surface area contributed by atoms with Crippen LogP contribution in [0.15, 0.2) is 6.07 Å². The smallest absolute Gasteiger partial charge is 0.410 e. The van der Waals surface area contributed by atoms with E-state index in [0.29, 0.717) is 24.9 Å². The second-order valence-electron chi connectivity index (χ2n) is 6.35. The lowest BCUT2D eigenvalue weighted by atomic mass is 10.1. The van der Waals surface area contributed by atoms with E-state index in [4.69, 9.17) is 10.5 Å². The van der Waals surface area contributed by atoms with Gasteiger partial charge in [-0.05, 0) is 40.5 Å². The molecule has 2 N–H and O–H groups in total. The van der Waals surface area contributed by atoms with Crippen LogP contribution in [0, 0.1) is 6.92 Å². The Morgan fingerprint density at radius 1 is 1.40 bits per heavy atom. The normalized spacial score (nSPS) is 17.3.